The molecular formula is C9H16O2. The third kappa shape index (κ3) is 2.74. The molecule has 0 atom stereocenters. The van der Waals surface area contributed by atoms with E-state index in [0.29, 0.717) is 0 Å². The van der Waals surface area contributed by atoms with Crippen LogP contribution in [0, 0.1) is 5.41 Å². The summed E-state index contributed by atoms with van der Waals surface area (Å²) in [5.41, 5.74) is 0.599. The Kier molecular flexibility index (Phi) is 3.30. The summed E-state index contributed by atoms with van der Waals surface area (Å²) in [7, 11) is 1.40. The Bertz CT molecular complexity index is 172. The van der Waals surface area contributed by atoms with Crippen molar-refractivity contribution in [3.8, 4) is 0 Å². The van der Waals surface area contributed by atoms with E-state index in [1.165, 1.54) is 7.11 Å². The van der Waals surface area contributed by atoms with Crippen LogP contribution in [-0.2, 0) is 9.53 Å². The molecule has 0 aromatic heterocycles. The fourth-order valence-corrected chi connectivity index (χ4v) is 0.967. The molecule has 0 heterocycles. The predicted octanol–water partition coefficient (Wildman–Crippen LogP) is 2.15. The maximum Gasteiger partial charge on any atom is 0.333 e. The Balaban J connectivity index is 4.58. The van der Waals surface area contributed by atoms with Gasteiger partial charge < -0.3 is 4.74 Å². The van der Waals surface area contributed by atoms with Gasteiger partial charge in [0, 0.05) is 5.57 Å². The SMILES string of the molecule is CC=C(C(=O)OC)C(C)(C)C. The summed E-state index contributed by atoms with van der Waals surface area (Å²) in [5, 5.41) is 0. The lowest BCUT2D eigenvalue weighted by Gasteiger charge is -2.20. The van der Waals surface area contributed by atoms with Gasteiger partial charge in [-0.15, -0.1) is 0 Å². The lowest BCUT2D eigenvalue weighted by atomic mass is 9.86. The second-order valence-electron chi connectivity index (χ2n) is 3.44. The number of ether oxygens (including phenoxy) is 1. The van der Waals surface area contributed by atoms with Crippen molar-refractivity contribution in [3.05, 3.63) is 11.6 Å². The Morgan fingerprint density at radius 2 is 1.82 bits per heavy atom. The highest BCUT2D eigenvalue weighted by Gasteiger charge is 2.22. The van der Waals surface area contributed by atoms with Gasteiger partial charge in [-0.25, -0.2) is 4.79 Å². The van der Waals surface area contributed by atoms with Crippen molar-refractivity contribution in [3.63, 3.8) is 0 Å². The monoisotopic (exact) mass is 156 g/mol. The van der Waals surface area contributed by atoms with Crippen LogP contribution in [0.4, 0.5) is 0 Å². The maximum absolute atomic E-state index is 11.1. The average Bonchev–Trinajstić information content (AvgIpc) is 1.86. The minimum atomic E-state index is -0.236. The number of hydrogen-bond donors (Lipinski definition) is 0. The van der Waals surface area contributed by atoms with Crippen LogP contribution in [0.1, 0.15) is 27.7 Å². The molecule has 2 nitrogen and oxygen atoms in total. The summed E-state index contributed by atoms with van der Waals surface area (Å²) in [6.07, 6.45) is 1.80. The molecule has 0 saturated carbocycles. The molecule has 0 amide bonds. The third-order valence-corrected chi connectivity index (χ3v) is 1.50. The van der Waals surface area contributed by atoms with Gasteiger partial charge in [0.05, 0.1) is 7.11 Å². The van der Waals surface area contributed by atoms with Gasteiger partial charge in [-0.05, 0) is 12.3 Å². The number of carbonyl (C=O) groups excluding carboxylic acids is 1. The lowest BCUT2D eigenvalue weighted by molar-refractivity contribution is -0.137. The number of methoxy groups -OCH3 is 1. The fourth-order valence-electron chi connectivity index (χ4n) is 0.967. The van der Waals surface area contributed by atoms with Gasteiger partial charge in [0.25, 0.3) is 0 Å². The van der Waals surface area contributed by atoms with E-state index >= 15 is 0 Å². The number of carbonyl (C=O) groups is 1. The first-order chi connectivity index (χ1) is 4.93. The Morgan fingerprint density at radius 1 is 1.36 bits per heavy atom. The molecule has 0 aliphatic heterocycles. The molecule has 64 valence electrons. The van der Waals surface area contributed by atoms with Crippen LogP contribution >= 0.6 is 0 Å². The predicted molar refractivity (Wildman–Crippen MR) is 45.2 cm³/mol. The molecule has 0 fully saturated rings. The van der Waals surface area contributed by atoms with Gasteiger partial charge >= 0.3 is 5.97 Å². The number of rotatable bonds is 1. The molecule has 2 heteroatoms. The van der Waals surface area contributed by atoms with Gasteiger partial charge in [0.15, 0.2) is 0 Å². The zero-order valence-electron chi connectivity index (χ0n) is 7.89. The zero-order valence-corrected chi connectivity index (χ0v) is 7.89. The minimum Gasteiger partial charge on any atom is -0.466 e. The second-order valence-corrected chi connectivity index (χ2v) is 3.44. The van der Waals surface area contributed by atoms with Crippen molar-refractivity contribution in [2.75, 3.05) is 7.11 Å². The minimum absolute atomic E-state index is 0.123. The highest BCUT2D eigenvalue weighted by atomic mass is 16.5. The van der Waals surface area contributed by atoms with Crippen molar-refractivity contribution in [1.29, 1.82) is 0 Å². The van der Waals surface area contributed by atoms with E-state index in [1.807, 2.05) is 27.7 Å². The molecule has 0 bridgehead atoms. The first kappa shape index (κ1) is 10.2. The molecule has 0 aliphatic carbocycles. The van der Waals surface area contributed by atoms with E-state index in [-0.39, 0.29) is 11.4 Å². The summed E-state index contributed by atoms with van der Waals surface area (Å²) in [4.78, 5) is 11.1. The van der Waals surface area contributed by atoms with E-state index in [1.54, 1.807) is 6.08 Å². The molecule has 0 aliphatic rings. The molecule has 0 aromatic carbocycles. The molecule has 11 heavy (non-hydrogen) atoms. The van der Waals surface area contributed by atoms with Crippen molar-refractivity contribution in [2.24, 2.45) is 5.41 Å². The first-order valence-corrected chi connectivity index (χ1v) is 3.68. The van der Waals surface area contributed by atoms with Crippen LogP contribution in [0.3, 0.4) is 0 Å². The molecule has 0 N–H and O–H groups in total. The lowest BCUT2D eigenvalue weighted by Crippen LogP contribution is -2.18. The number of esters is 1. The number of hydrogen-bond acceptors (Lipinski definition) is 2. The summed E-state index contributed by atoms with van der Waals surface area (Å²) < 4.78 is 4.62. The first-order valence-electron chi connectivity index (χ1n) is 3.68. The Labute approximate surface area is 68.2 Å². The quantitative estimate of drug-likeness (QED) is 0.429. The smallest absolute Gasteiger partial charge is 0.333 e. The normalized spacial score (nSPS) is 13.0. The molecular weight excluding hydrogens is 140 g/mol. The van der Waals surface area contributed by atoms with Gasteiger partial charge in [0.1, 0.15) is 0 Å². The zero-order chi connectivity index (χ0) is 9.07. The topological polar surface area (TPSA) is 26.3 Å². The van der Waals surface area contributed by atoms with Crippen molar-refractivity contribution < 1.29 is 9.53 Å². The average molecular weight is 156 g/mol. The molecule has 0 rings (SSSR count). The van der Waals surface area contributed by atoms with E-state index in [2.05, 4.69) is 4.74 Å². The van der Waals surface area contributed by atoms with Crippen LogP contribution in [0.5, 0.6) is 0 Å². The molecule has 0 saturated heterocycles. The third-order valence-electron chi connectivity index (χ3n) is 1.50. The van der Waals surface area contributed by atoms with E-state index in [4.69, 9.17) is 0 Å². The molecule has 0 unspecified atom stereocenters. The van der Waals surface area contributed by atoms with Crippen LogP contribution in [0.2, 0.25) is 0 Å². The Morgan fingerprint density at radius 3 is 1.91 bits per heavy atom. The van der Waals surface area contributed by atoms with Gasteiger partial charge in [-0.3, -0.25) is 0 Å². The summed E-state index contributed by atoms with van der Waals surface area (Å²) in [6, 6.07) is 0. The standard InChI is InChI=1S/C9H16O2/c1-6-7(8(10)11-5)9(2,3)4/h6H,1-5H3. The highest BCUT2D eigenvalue weighted by molar-refractivity contribution is 5.89. The highest BCUT2D eigenvalue weighted by Crippen LogP contribution is 2.25. The molecule has 0 aromatic rings. The largest absolute Gasteiger partial charge is 0.466 e. The second kappa shape index (κ2) is 3.56. The van der Waals surface area contributed by atoms with E-state index in [0.717, 1.165) is 5.57 Å². The number of allylic oxidation sites excluding steroid dienone is 1. The van der Waals surface area contributed by atoms with Crippen LogP contribution in [-0.4, -0.2) is 13.1 Å². The van der Waals surface area contributed by atoms with Crippen LogP contribution < -0.4 is 0 Å². The molecule has 0 radical (unpaired) electrons. The van der Waals surface area contributed by atoms with Crippen molar-refractivity contribution in [1.82, 2.24) is 0 Å². The van der Waals surface area contributed by atoms with Crippen LogP contribution in [0.25, 0.3) is 0 Å². The van der Waals surface area contributed by atoms with Crippen molar-refractivity contribution in [2.45, 2.75) is 27.7 Å². The summed E-state index contributed by atoms with van der Waals surface area (Å²) in [5.74, 6) is -0.236. The molecule has 0 spiro atoms. The van der Waals surface area contributed by atoms with Gasteiger partial charge in [-0.1, -0.05) is 26.8 Å². The van der Waals surface area contributed by atoms with E-state index in [9.17, 15) is 4.79 Å². The van der Waals surface area contributed by atoms with Crippen LogP contribution in [0.15, 0.2) is 11.6 Å². The Hall–Kier alpha value is -0.790. The van der Waals surface area contributed by atoms with Gasteiger partial charge in [-0.2, -0.15) is 0 Å². The van der Waals surface area contributed by atoms with E-state index < -0.39 is 0 Å². The summed E-state index contributed by atoms with van der Waals surface area (Å²) >= 11 is 0. The van der Waals surface area contributed by atoms with Gasteiger partial charge in [0.2, 0.25) is 0 Å². The van der Waals surface area contributed by atoms with Crippen molar-refractivity contribution >= 4 is 5.97 Å². The fraction of sp³-hybridized carbons (Fsp3) is 0.667. The maximum atomic E-state index is 11.1. The summed E-state index contributed by atoms with van der Waals surface area (Å²) in [6.45, 7) is 7.80.